The third-order valence-electron chi connectivity index (χ3n) is 5.46. The van der Waals surface area contributed by atoms with Crippen molar-refractivity contribution in [3.8, 4) is 0 Å². The summed E-state index contributed by atoms with van der Waals surface area (Å²) in [5.41, 5.74) is 1.41. The summed E-state index contributed by atoms with van der Waals surface area (Å²) < 4.78 is 11.7. The molecule has 2 atom stereocenters. The molecule has 1 fully saturated rings. The van der Waals surface area contributed by atoms with Crippen LogP contribution in [0.4, 0.5) is 0 Å². The average Bonchev–Trinajstić information content (AvgIpc) is 3.30. The summed E-state index contributed by atoms with van der Waals surface area (Å²) >= 11 is 6.21. The first-order valence-electron chi connectivity index (χ1n) is 9.37. The molecule has 5 rings (SSSR count). The zero-order chi connectivity index (χ0) is 19.3. The number of para-hydroxylation sites is 1. The highest BCUT2D eigenvalue weighted by molar-refractivity contribution is 6.30. The lowest BCUT2D eigenvalue weighted by molar-refractivity contribution is 0.0486. The molecule has 0 saturated carbocycles. The van der Waals surface area contributed by atoms with E-state index in [2.05, 4.69) is 0 Å². The van der Waals surface area contributed by atoms with Gasteiger partial charge in [0.05, 0.1) is 23.1 Å². The number of rotatable bonds is 3. The zero-order valence-corrected chi connectivity index (χ0v) is 15.8. The molecule has 5 nitrogen and oxygen atoms in total. The summed E-state index contributed by atoms with van der Waals surface area (Å²) in [5.74, 6) is -0.162. The monoisotopic (exact) mass is 395 g/mol. The molecule has 2 aliphatic heterocycles. The molecule has 0 bridgehead atoms. The Morgan fingerprint density at radius 2 is 1.96 bits per heavy atom. The van der Waals surface area contributed by atoms with Crippen molar-refractivity contribution < 1.29 is 13.9 Å². The Morgan fingerprint density at radius 3 is 2.75 bits per heavy atom. The molecule has 28 heavy (non-hydrogen) atoms. The van der Waals surface area contributed by atoms with Crippen LogP contribution in [-0.2, 0) is 4.74 Å². The molecule has 1 saturated heterocycles. The maximum Gasteiger partial charge on any atom is 0.291 e. The molecule has 2 aromatic carbocycles. The van der Waals surface area contributed by atoms with Crippen molar-refractivity contribution in [3.05, 3.63) is 80.7 Å². The van der Waals surface area contributed by atoms with Gasteiger partial charge in [-0.15, -0.1) is 0 Å². The summed E-state index contributed by atoms with van der Waals surface area (Å²) in [6.07, 6.45) is 1.83. The highest BCUT2D eigenvalue weighted by Crippen LogP contribution is 2.39. The molecule has 6 heteroatoms. The molecule has 0 radical (unpaired) electrons. The second kappa shape index (κ2) is 6.76. The number of fused-ring (bicyclic) bond motifs is 2. The van der Waals surface area contributed by atoms with Crippen LogP contribution in [-0.4, -0.2) is 30.1 Å². The number of halogens is 1. The van der Waals surface area contributed by atoms with Crippen molar-refractivity contribution in [1.82, 2.24) is 4.90 Å². The predicted molar refractivity (Wildman–Crippen MR) is 106 cm³/mol. The van der Waals surface area contributed by atoms with E-state index in [1.165, 1.54) is 0 Å². The molecule has 0 aliphatic carbocycles. The van der Waals surface area contributed by atoms with Crippen LogP contribution in [0.5, 0.6) is 0 Å². The van der Waals surface area contributed by atoms with Crippen LogP contribution in [0.3, 0.4) is 0 Å². The molecule has 142 valence electrons. The van der Waals surface area contributed by atoms with E-state index in [1.54, 1.807) is 41.3 Å². The first-order chi connectivity index (χ1) is 13.6. The standard InChI is InChI=1S/C22H18ClNO4/c23-14-6-3-5-13(11-14)19-18-20(25)16-8-1-2-9-17(16)28-21(18)22(26)24(19)12-15-7-4-10-27-15/h1-3,5-6,8-9,11,15,19H,4,7,10,12H2/t15-,19-/m0/s1. The third kappa shape index (κ3) is 2.74. The normalized spacial score (nSPS) is 21.5. The van der Waals surface area contributed by atoms with Crippen molar-refractivity contribution in [2.45, 2.75) is 25.0 Å². The molecule has 2 aliphatic rings. The summed E-state index contributed by atoms with van der Waals surface area (Å²) in [5, 5.41) is 1.03. The van der Waals surface area contributed by atoms with Crippen LogP contribution in [0.15, 0.2) is 57.7 Å². The molecule has 1 aromatic heterocycles. The van der Waals surface area contributed by atoms with Gasteiger partial charge in [-0.1, -0.05) is 35.9 Å². The summed E-state index contributed by atoms with van der Waals surface area (Å²) in [7, 11) is 0. The highest BCUT2D eigenvalue weighted by Gasteiger charge is 2.43. The molecule has 0 spiro atoms. The Labute approximate surface area is 166 Å². The Hall–Kier alpha value is -2.63. The van der Waals surface area contributed by atoms with Crippen molar-refractivity contribution in [1.29, 1.82) is 0 Å². The van der Waals surface area contributed by atoms with Crippen LogP contribution in [0.25, 0.3) is 11.0 Å². The van der Waals surface area contributed by atoms with Gasteiger partial charge >= 0.3 is 0 Å². The third-order valence-corrected chi connectivity index (χ3v) is 5.70. The number of carbonyl (C=O) groups excluding carboxylic acids is 1. The Kier molecular flexibility index (Phi) is 4.22. The number of nitrogens with zero attached hydrogens (tertiary/aromatic N) is 1. The van der Waals surface area contributed by atoms with E-state index in [4.69, 9.17) is 20.8 Å². The lowest BCUT2D eigenvalue weighted by Crippen LogP contribution is -2.36. The van der Waals surface area contributed by atoms with E-state index in [0.717, 1.165) is 18.4 Å². The average molecular weight is 396 g/mol. The van der Waals surface area contributed by atoms with Gasteiger partial charge in [0, 0.05) is 18.2 Å². The molecule has 0 N–H and O–H groups in total. The zero-order valence-electron chi connectivity index (χ0n) is 15.1. The van der Waals surface area contributed by atoms with Crippen molar-refractivity contribution in [2.75, 3.05) is 13.2 Å². The van der Waals surface area contributed by atoms with Crippen LogP contribution in [0.2, 0.25) is 5.02 Å². The quantitative estimate of drug-likeness (QED) is 0.667. The highest BCUT2D eigenvalue weighted by atomic mass is 35.5. The van der Waals surface area contributed by atoms with E-state index >= 15 is 0 Å². The van der Waals surface area contributed by atoms with Crippen LogP contribution in [0.1, 0.15) is 40.6 Å². The Balaban J connectivity index is 1.71. The van der Waals surface area contributed by atoms with Gasteiger partial charge in [0.25, 0.3) is 5.91 Å². The van der Waals surface area contributed by atoms with Crippen molar-refractivity contribution in [2.24, 2.45) is 0 Å². The lowest BCUT2D eigenvalue weighted by Gasteiger charge is -2.27. The van der Waals surface area contributed by atoms with E-state index in [1.807, 2.05) is 12.1 Å². The second-order valence-corrected chi connectivity index (χ2v) is 7.66. The minimum absolute atomic E-state index is 0.0375. The minimum Gasteiger partial charge on any atom is -0.450 e. The van der Waals surface area contributed by atoms with E-state index in [9.17, 15) is 9.59 Å². The van der Waals surface area contributed by atoms with Gasteiger partial charge in [-0.05, 0) is 42.7 Å². The maximum absolute atomic E-state index is 13.3. The largest absolute Gasteiger partial charge is 0.450 e. The molecule has 3 aromatic rings. The number of benzene rings is 2. The molecular formula is C22H18ClNO4. The van der Waals surface area contributed by atoms with E-state index < -0.39 is 6.04 Å². The maximum atomic E-state index is 13.3. The van der Waals surface area contributed by atoms with E-state index in [-0.39, 0.29) is 23.2 Å². The first-order valence-corrected chi connectivity index (χ1v) is 9.75. The number of hydrogen-bond donors (Lipinski definition) is 0. The van der Waals surface area contributed by atoms with E-state index in [0.29, 0.717) is 34.7 Å². The van der Waals surface area contributed by atoms with Gasteiger partial charge in [-0.3, -0.25) is 9.59 Å². The first kappa shape index (κ1) is 17.5. The van der Waals surface area contributed by atoms with Gasteiger partial charge < -0.3 is 14.1 Å². The van der Waals surface area contributed by atoms with Crippen molar-refractivity contribution >= 4 is 28.5 Å². The summed E-state index contributed by atoms with van der Waals surface area (Å²) in [6.45, 7) is 1.11. The SMILES string of the molecule is O=C1c2oc3ccccc3c(=O)c2[C@H](c2cccc(Cl)c2)N1C[C@@H]1CCCO1. The van der Waals surface area contributed by atoms with Crippen LogP contribution < -0.4 is 5.43 Å². The van der Waals surface area contributed by atoms with Crippen molar-refractivity contribution in [3.63, 3.8) is 0 Å². The summed E-state index contributed by atoms with van der Waals surface area (Å²) in [4.78, 5) is 28.3. The van der Waals surface area contributed by atoms with Gasteiger partial charge in [0.1, 0.15) is 5.58 Å². The topological polar surface area (TPSA) is 59.8 Å². The number of carbonyl (C=O) groups is 1. The van der Waals surface area contributed by atoms with Crippen LogP contribution >= 0.6 is 11.6 Å². The van der Waals surface area contributed by atoms with Crippen LogP contribution in [0, 0.1) is 0 Å². The van der Waals surface area contributed by atoms with Gasteiger partial charge in [-0.25, -0.2) is 0 Å². The smallest absolute Gasteiger partial charge is 0.291 e. The molecule has 3 heterocycles. The van der Waals surface area contributed by atoms with Gasteiger partial charge in [-0.2, -0.15) is 0 Å². The lowest BCUT2D eigenvalue weighted by atomic mass is 9.98. The number of hydrogen-bond acceptors (Lipinski definition) is 4. The molecule has 0 unspecified atom stereocenters. The fourth-order valence-corrected chi connectivity index (χ4v) is 4.39. The fraction of sp³-hybridized carbons (Fsp3) is 0.273. The fourth-order valence-electron chi connectivity index (χ4n) is 4.19. The number of ether oxygens (including phenoxy) is 1. The molecular weight excluding hydrogens is 378 g/mol. The predicted octanol–water partition coefficient (Wildman–Crippen LogP) is 4.17. The number of amides is 1. The minimum atomic E-state index is -0.536. The Bertz CT molecular complexity index is 1130. The Morgan fingerprint density at radius 1 is 1.11 bits per heavy atom. The summed E-state index contributed by atoms with van der Waals surface area (Å²) in [6, 6.07) is 13.8. The molecule has 1 amide bonds. The van der Waals surface area contributed by atoms with Gasteiger partial charge in [0.15, 0.2) is 5.43 Å². The van der Waals surface area contributed by atoms with Gasteiger partial charge in [0.2, 0.25) is 5.76 Å². The second-order valence-electron chi connectivity index (χ2n) is 7.22.